The summed E-state index contributed by atoms with van der Waals surface area (Å²) in [7, 11) is 0. The monoisotopic (exact) mass is 230 g/mol. The Labute approximate surface area is 102 Å². The van der Waals surface area contributed by atoms with E-state index in [9.17, 15) is 0 Å². The molecule has 1 aromatic rings. The molecular weight excluding hydrogens is 212 g/mol. The van der Waals surface area contributed by atoms with Crippen LogP contribution >= 0.6 is 0 Å². The zero-order chi connectivity index (χ0) is 12.1. The molecule has 1 fully saturated rings. The molecule has 17 heavy (non-hydrogen) atoms. The van der Waals surface area contributed by atoms with Gasteiger partial charge in [-0.1, -0.05) is 12.1 Å². The molecule has 0 heterocycles. The van der Waals surface area contributed by atoms with Crippen molar-refractivity contribution in [2.75, 3.05) is 6.61 Å². The largest absolute Gasteiger partial charge is 0.378 e. The third-order valence-corrected chi connectivity index (χ3v) is 3.15. The summed E-state index contributed by atoms with van der Waals surface area (Å²) >= 11 is 0. The average molecular weight is 230 g/mol. The van der Waals surface area contributed by atoms with E-state index in [0.717, 1.165) is 31.6 Å². The lowest BCUT2D eigenvalue weighted by Crippen LogP contribution is -2.45. The number of nitriles is 1. The molecule has 0 amide bonds. The number of hydrogen-bond donors (Lipinski definition) is 1. The molecule has 1 aromatic carbocycles. The Morgan fingerprint density at radius 1 is 1.47 bits per heavy atom. The van der Waals surface area contributed by atoms with Crippen molar-refractivity contribution in [2.45, 2.75) is 38.5 Å². The van der Waals surface area contributed by atoms with Gasteiger partial charge >= 0.3 is 0 Å². The van der Waals surface area contributed by atoms with Gasteiger partial charge in [0.2, 0.25) is 0 Å². The molecule has 0 aromatic heterocycles. The van der Waals surface area contributed by atoms with Crippen LogP contribution < -0.4 is 5.32 Å². The van der Waals surface area contributed by atoms with Crippen molar-refractivity contribution in [2.24, 2.45) is 0 Å². The predicted octanol–water partition coefficient (Wildman–Crippen LogP) is 2.22. The van der Waals surface area contributed by atoms with Gasteiger partial charge < -0.3 is 10.1 Å². The highest BCUT2D eigenvalue weighted by molar-refractivity contribution is 5.32. The second-order valence-electron chi connectivity index (χ2n) is 4.44. The summed E-state index contributed by atoms with van der Waals surface area (Å²) in [5.41, 5.74) is 1.90. The van der Waals surface area contributed by atoms with Gasteiger partial charge in [-0.05, 0) is 37.5 Å². The molecule has 0 bridgehead atoms. The predicted molar refractivity (Wildman–Crippen MR) is 66.4 cm³/mol. The van der Waals surface area contributed by atoms with Gasteiger partial charge in [-0.15, -0.1) is 0 Å². The lowest BCUT2D eigenvalue weighted by Gasteiger charge is -2.35. The van der Waals surface area contributed by atoms with Crippen molar-refractivity contribution in [3.05, 3.63) is 35.4 Å². The van der Waals surface area contributed by atoms with E-state index < -0.39 is 0 Å². The summed E-state index contributed by atoms with van der Waals surface area (Å²) < 4.78 is 5.51. The van der Waals surface area contributed by atoms with Crippen molar-refractivity contribution in [3.63, 3.8) is 0 Å². The maximum absolute atomic E-state index is 8.80. The van der Waals surface area contributed by atoms with Crippen LogP contribution in [-0.4, -0.2) is 18.8 Å². The van der Waals surface area contributed by atoms with E-state index in [1.807, 2.05) is 31.2 Å². The van der Waals surface area contributed by atoms with Crippen LogP contribution in [0.3, 0.4) is 0 Å². The van der Waals surface area contributed by atoms with Crippen LogP contribution in [0, 0.1) is 11.3 Å². The van der Waals surface area contributed by atoms with Gasteiger partial charge in [0.15, 0.2) is 0 Å². The van der Waals surface area contributed by atoms with E-state index in [2.05, 4.69) is 11.4 Å². The summed E-state index contributed by atoms with van der Waals surface area (Å²) in [5.74, 6) is 0. The number of nitrogens with zero attached hydrogens (tertiary/aromatic N) is 1. The van der Waals surface area contributed by atoms with Gasteiger partial charge in [0, 0.05) is 19.2 Å². The van der Waals surface area contributed by atoms with E-state index in [1.165, 1.54) is 5.56 Å². The number of nitrogens with one attached hydrogen (secondary N) is 1. The number of hydrogen-bond acceptors (Lipinski definition) is 3. The zero-order valence-corrected chi connectivity index (χ0v) is 10.1. The van der Waals surface area contributed by atoms with Gasteiger partial charge in [0.05, 0.1) is 17.7 Å². The van der Waals surface area contributed by atoms with Gasteiger partial charge in [-0.25, -0.2) is 0 Å². The van der Waals surface area contributed by atoms with Crippen LogP contribution in [0.2, 0.25) is 0 Å². The molecule has 1 saturated carbocycles. The summed E-state index contributed by atoms with van der Waals surface area (Å²) in [6.07, 6.45) is 2.65. The second-order valence-corrected chi connectivity index (χ2v) is 4.44. The smallest absolute Gasteiger partial charge is 0.0991 e. The summed E-state index contributed by atoms with van der Waals surface area (Å²) in [4.78, 5) is 0. The van der Waals surface area contributed by atoms with Crippen LogP contribution in [0.5, 0.6) is 0 Å². The van der Waals surface area contributed by atoms with Crippen LogP contribution in [0.15, 0.2) is 24.3 Å². The molecule has 1 aliphatic carbocycles. The molecule has 3 heteroatoms. The van der Waals surface area contributed by atoms with Crippen molar-refractivity contribution in [1.29, 1.82) is 5.26 Å². The van der Waals surface area contributed by atoms with Crippen LogP contribution in [0.25, 0.3) is 0 Å². The maximum atomic E-state index is 8.80. The zero-order valence-electron chi connectivity index (χ0n) is 10.1. The second kappa shape index (κ2) is 5.81. The Morgan fingerprint density at radius 3 is 3.00 bits per heavy atom. The Bertz CT molecular complexity index is 405. The Hall–Kier alpha value is -1.37. The fraction of sp³-hybridized carbons (Fsp3) is 0.500. The third-order valence-electron chi connectivity index (χ3n) is 3.15. The molecular formula is C14H18N2O. The SMILES string of the molecule is CCOC1CC(NCc2cccc(C#N)c2)C1. The Kier molecular flexibility index (Phi) is 4.13. The van der Waals surface area contributed by atoms with Crippen molar-refractivity contribution in [3.8, 4) is 6.07 Å². The molecule has 3 nitrogen and oxygen atoms in total. The minimum Gasteiger partial charge on any atom is -0.378 e. The van der Waals surface area contributed by atoms with E-state index in [-0.39, 0.29) is 0 Å². The highest BCUT2D eigenvalue weighted by Gasteiger charge is 2.28. The first-order valence-corrected chi connectivity index (χ1v) is 6.16. The summed E-state index contributed by atoms with van der Waals surface area (Å²) in [6, 6.07) is 10.5. The molecule has 0 spiro atoms. The lowest BCUT2D eigenvalue weighted by molar-refractivity contribution is -0.0102. The Morgan fingerprint density at radius 2 is 2.29 bits per heavy atom. The van der Waals surface area contributed by atoms with E-state index in [4.69, 9.17) is 10.00 Å². The highest BCUT2D eigenvalue weighted by atomic mass is 16.5. The number of ether oxygens (including phenoxy) is 1. The normalized spacial score (nSPS) is 22.8. The van der Waals surface area contributed by atoms with Crippen molar-refractivity contribution < 1.29 is 4.74 Å². The van der Waals surface area contributed by atoms with Crippen molar-refractivity contribution in [1.82, 2.24) is 5.32 Å². The minimum atomic E-state index is 0.447. The summed E-state index contributed by atoms with van der Waals surface area (Å²) in [5, 5.41) is 12.3. The molecule has 0 radical (unpaired) electrons. The summed E-state index contributed by atoms with van der Waals surface area (Å²) in [6.45, 7) is 3.68. The molecule has 0 unspecified atom stereocenters. The Balaban J connectivity index is 1.74. The van der Waals surface area contributed by atoms with Crippen LogP contribution in [-0.2, 0) is 11.3 Å². The van der Waals surface area contributed by atoms with E-state index in [0.29, 0.717) is 12.1 Å². The van der Waals surface area contributed by atoms with Crippen LogP contribution in [0.4, 0.5) is 0 Å². The first-order valence-electron chi connectivity index (χ1n) is 6.16. The fourth-order valence-electron chi connectivity index (χ4n) is 2.12. The lowest BCUT2D eigenvalue weighted by atomic mass is 9.89. The minimum absolute atomic E-state index is 0.447. The topological polar surface area (TPSA) is 45.0 Å². The van der Waals surface area contributed by atoms with Gasteiger partial charge in [-0.3, -0.25) is 0 Å². The number of rotatable bonds is 5. The fourth-order valence-corrected chi connectivity index (χ4v) is 2.12. The standard InChI is InChI=1S/C14H18N2O/c1-2-17-14-7-13(8-14)16-10-12-5-3-4-11(6-12)9-15/h3-6,13-14,16H,2,7-8,10H2,1H3. The van der Waals surface area contributed by atoms with Gasteiger partial charge in [-0.2, -0.15) is 5.26 Å². The highest BCUT2D eigenvalue weighted by Crippen LogP contribution is 2.23. The molecule has 1 N–H and O–H groups in total. The molecule has 2 rings (SSSR count). The number of benzene rings is 1. The molecule has 1 aliphatic rings. The van der Waals surface area contributed by atoms with Gasteiger partial charge in [0.1, 0.15) is 0 Å². The van der Waals surface area contributed by atoms with E-state index >= 15 is 0 Å². The van der Waals surface area contributed by atoms with E-state index in [1.54, 1.807) is 0 Å². The quantitative estimate of drug-likeness (QED) is 0.843. The first-order chi connectivity index (χ1) is 8.31. The average Bonchev–Trinajstić information content (AvgIpc) is 2.32. The molecule has 90 valence electrons. The molecule has 0 saturated heterocycles. The molecule has 0 atom stereocenters. The third kappa shape index (κ3) is 3.29. The molecule has 0 aliphatic heterocycles. The van der Waals surface area contributed by atoms with Gasteiger partial charge in [0.25, 0.3) is 0 Å². The maximum Gasteiger partial charge on any atom is 0.0991 e. The first kappa shape index (κ1) is 12.1. The van der Waals surface area contributed by atoms with Crippen LogP contribution in [0.1, 0.15) is 30.9 Å². The van der Waals surface area contributed by atoms with Crippen molar-refractivity contribution >= 4 is 0 Å².